The maximum atomic E-state index is 12.4. The van der Waals surface area contributed by atoms with E-state index in [0.717, 1.165) is 19.3 Å². The van der Waals surface area contributed by atoms with Crippen molar-refractivity contribution in [3.05, 3.63) is 39.4 Å². The van der Waals surface area contributed by atoms with Gasteiger partial charge in [-0.3, -0.25) is 14.9 Å². The SMILES string of the molecule is Cc1cccc([N+](=O)[O-])c1C(=O)OCC(=O)N1[C@H](C)CCC[C@H]1C. The van der Waals surface area contributed by atoms with E-state index in [4.69, 9.17) is 4.74 Å². The Morgan fingerprint density at radius 3 is 2.50 bits per heavy atom. The van der Waals surface area contributed by atoms with Crippen LogP contribution in [-0.4, -0.2) is 40.4 Å². The molecule has 1 aliphatic rings. The molecule has 0 aliphatic carbocycles. The number of amides is 1. The summed E-state index contributed by atoms with van der Waals surface area (Å²) in [5.74, 6) is -1.11. The summed E-state index contributed by atoms with van der Waals surface area (Å²) in [4.78, 5) is 36.8. The summed E-state index contributed by atoms with van der Waals surface area (Å²) in [7, 11) is 0. The molecule has 1 aliphatic heterocycles. The van der Waals surface area contributed by atoms with Crippen molar-refractivity contribution in [1.82, 2.24) is 4.90 Å². The largest absolute Gasteiger partial charge is 0.452 e. The number of hydrogen-bond acceptors (Lipinski definition) is 5. The molecule has 2 rings (SSSR count). The van der Waals surface area contributed by atoms with Crippen LogP contribution >= 0.6 is 0 Å². The predicted octanol–water partition coefficient (Wildman–Crippen LogP) is 2.85. The van der Waals surface area contributed by atoms with Gasteiger partial charge in [-0.1, -0.05) is 12.1 Å². The van der Waals surface area contributed by atoms with Gasteiger partial charge in [0.1, 0.15) is 5.56 Å². The van der Waals surface area contributed by atoms with Gasteiger partial charge < -0.3 is 9.64 Å². The lowest BCUT2D eigenvalue weighted by molar-refractivity contribution is -0.385. The van der Waals surface area contributed by atoms with Crippen molar-refractivity contribution < 1.29 is 19.2 Å². The van der Waals surface area contributed by atoms with Gasteiger partial charge in [0.05, 0.1) is 4.92 Å². The highest BCUT2D eigenvalue weighted by molar-refractivity contribution is 5.96. The number of piperidine rings is 1. The minimum absolute atomic E-state index is 0.102. The molecule has 1 fully saturated rings. The number of likely N-dealkylation sites (tertiary alicyclic amines) is 1. The van der Waals surface area contributed by atoms with Crippen LogP contribution in [0.15, 0.2) is 18.2 Å². The number of ether oxygens (including phenoxy) is 1. The van der Waals surface area contributed by atoms with Gasteiger partial charge >= 0.3 is 5.97 Å². The van der Waals surface area contributed by atoms with Gasteiger partial charge in [0.15, 0.2) is 6.61 Å². The van der Waals surface area contributed by atoms with E-state index in [1.165, 1.54) is 12.1 Å². The summed E-state index contributed by atoms with van der Waals surface area (Å²) in [6, 6.07) is 4.56. The molecule has 1 aromatic carbocycles. The summed E-state index contributed by atoms with van der Waals surface area (Å²) in [5.41, 5.74) is 0.0311. The highest BCUT2D eigenvalue weighted by atomic mass is 16.6. The highest BCUT2D eigenvalue weighted by Crippen LogP contribution is 2.24. The van der Waals surface area contributed by atoms with E-state index in [9.17, 15) is 19.7 Å². The fraction of sp³-hybridized carbons (Fsp3) is 0.529. The van der Waals surface area contributed by atoms with E-state index >= 15 is 0 Å². The normalized spacial score (nSPS) is 20.5. The molecule has 0 saturated carbocycles. The van der Waals surface area contributed by atoms with Crippen LogP contribution in [0.4, 0.5) is 5.69 Å². The number of carbonyl (C=O) groups is 2. The lowest BCUT2D eigenvalue weighted by Crippen LogP contribution is -2.49. The second-order valence-corrected chi connectivity index (χ2v) is 6.23. The summed E-state index contributed by atoms with van der Waals surface area (Å²) >= 11 is 0. The van der Waals surface area contributed by atoms with Crippen LogP contribution in [0, 0.1) is 17.0 Å². The Balaban J connectivity index is 2.08. The minimum Gasteiger partial charge on any atom is -0.452 e. The number of esters is 1. The van der Waals surface area contributed by atoms with E-state index in [1.807, 2.05) is 13.8 Å². The van der Waals surface area contributed by atoms with E-state index in [-0.39, 0.29) is 29.2 Å². The molecule has 1 heterocycles. The topological polar surface area (TPSA) is 89.7 Å². The summed E-state index contributed by atoms with van der Waals surface area (Å²) in [5, 5.41) is 11.1. The van der Waals surface area contributed by atoms with Crippen LogP contribution < -0.4 is 0 Å². The second kappa shape index (κ2) is 7.42. The van der Waals surface area contributed by atoms with Crippen molar-refractivity contribution in [2.45, 2.75) is 52.1 Å². The molecule has 24 heavy (non-hydrogen) atoms. The van der Waals surface area contributed by atoms with Gasteiger partial charge in [0.25, 0.3) is 11.6 Å². The number of nitro benzene ring substituents is 1. The van der Waals surface area contributed by atoms with Crippen molar-refractivity contribution >= 4 is 17.6 Å². The third-order valence-corrected chi connectivity index (χ3v) is 4.46. The monoisotopic (exact) mass is 334 g/mol. The fourth-order valence-electron chi connectivity index (χ4n) is 3.26. The molecule has 0 aromatic heterocycles. The third kappa shape index (κ3) is 3.72. The zero-order chi connectivity index (χ0) is 17.9. The number of hydrogen-bond donors (Lipinski definition) is 0. The molecule has 0 radical (unpaired) electrons. The van der Waals surface area contributed by atoms with Crippen LogP contribution in [0.5, 0.6) is 0 Å². The number of nitrogens with zero attached hydrogens (tertiary/aromatic N) is 2. The first-order valence-corrected chi connectivity index (χ1v) is 8.05. The molecular weight excluding hydrogens is 312 g/mol. The number of benzene rings is 1. The van der Waals surface area contributed by atoms with Crippen LogP contribution in [0.3, 0.4) is 0 Å². The van der Waals surface area contributed by atoms with Crippen LogP contribution in [-0.2, 0) is 9.53 Å². The molecule has 1 amide bonds. The van der Waals surface area contributed by atoms with Gasteiger partial charge in [0, 0.05) is 18.2 Å². The molecule has 7 nitrogen and oxygen atoms in total. The first kappa shape index (κ1) is 17.9. The Kier molecular flexibility index (Phi) is 5.54. The zero-order valence-corrected chi connectivity index (χ0v) is 14.2. The predicted molar refractivity (Wildman–Crippen MR) is 87.7 cm³/mol. The Bertz CT molecular complexity index is 648. The van der Waals surface area contributed by atoms with Gasteiger partial charge in [-0.15, -0.1) is 0 Å². The summed E-state index contributed by atoms with van der Waals surface area (Å²) in [6.07, 6.45) is 2.92. The zero-order valence-electron chi connectivity index (χ0n) is 14.2. The maximum absolute atomic E-state index is 12.4. The average Bonchev–Trinajstić information content (AvgIpc) is 2.52. The fourth-order valence-corrected chi connectivity index (χ4v) is 3.26. The number of carbonyl (C=O) groups excluding carboxylic acids is 2. The van der Waals surface area contributed by atoms with Crippen molar-refractivity contribution in [3.8, 4) is 0 Å². The molecule has 1 aromatic rings. The molecule has 130 valence electrons. The Hall–Kier alpha value is -2.44. The molecule has 7 heteroatoms. The number of rotatable bonds is 4. The van der Waals surface area contributed by atoms with Gasteiger partial charge in [-0.2, -0.15) is 0 Å². The Morgan fingerprint density at radius 1 is 1.29 bits per heavy atom. The highest BCUT2D eigenvalue weighted by Gasteiger charge is 2.30. The van der Waals surface area contributed by atoms with Crippen molar-refractivity contribution in [1.29, 1.82) is 0 Å². The quantitative estimate of drug-likeness (QED) is 0.480. The first-order chi connectivity index (χ1) is 11.3. The van der Waals surface area contributed by atoms with Gasteiger partial charge in [-0.25, -0.2) is 4.79 Å². The lowest BCUT2D eigenvalue weighted by atomic mass is 9.97. The number of nitro groups is 1. The van der Waals surface area contributed by atoms with E-state index < -0.39 is 17.5 Å². The lowest BCUT2D eigenvalue weighted by Gasteiger charge is -2.38. The second-order valence-electron chi connectivity index (χ2n) is 6.23. The molecule has 1 saturated heterocycles. The molecule has 2 atom stereocenters. The van der Waals surface area contributed by atoms with E-state index in [0.29, 0.717) is 5.56 Å². The molecule has 0 bridgehead atoms. The van der Waals surface area contributed by atoms with E-state index in [2.05, 4.69) is 0 Å². The summed E-state index contributed by atoms with van der Waals surface area (Å²) in [6.45, 7) is 5.14. The van der Waals surface area contributed by atoms with Gasteiger partial charge in [0.2, 0.25) is 0 Å². The maximum Gasteiger partial charge on any atom is 0.345 e. The smallest absolute Gasteiger partial charge is 0.345 e. The van der Waals surface area contributed by atoms with Crippen molar-refractivity contribution in [2.75, 3.05) is 6.61 Å². The number of aryl methyl sites for hydroxylation is 1. The molecule has 0 N–H and O–H groups in total. The van der Waals surface area contributed by atoms with Crippen molar-refractivity contribution in [3.63, 3.8) is 0 Å². The molecular formula is C17H22N2O5. The Labute approximate surface area is 140 Å². The third-order valence-electron chi connectivity index (χ3n) is 4.46. The standard InChI is InChI=1S/C17H22N2O5/c1-11-6-4-9-14(19(22)23)16(11)17(21)24-10-15(20)18-12(2)7-5-8-13(18)3/h4,6,9,12-13H,5,7-8,10H2,1-3H3/t12-,13-/m1/s1. The summed E-state index contributed by atoms with van der Waals surface area (Å²) < 4.78 is 5.08. The Morgan fingerprint density at radius 2 is 1.92 bits per heavy atom. The van der Waals surface area contributed by atoms with Crippen LogP contribution in [0.25, 0.3) is 0 Å². The van der Waals surface area contributed by atoms with Crippen LogP contribution in [0.2, 0.25) is 0 Å². The van der Waals surface area contributed by atoms with Crippen LogP contribution in [0.1, 0.15) is 49.0 Å². The molecule has 0 unspecified atom stereocenters. The first-order valence-electron chi connectivity index (χ1n) is 8.05. The van der Waals surface area contributed by atoms with Gasteiger partial charge in [-0.05, 0) is 45.6 Å². The molecule has 0 spiro atoms. The van der Waals surface area contributed by atoms with E-state index in [1.54, 1.807) is 17.9 Å². The minimum atomic E-state index is -0.842. The average molecular weight is 334 g/mol. The van der Waals surface area contributed by atoms with Crippen molar-refractivity contribution in [2.24, 2.45) is 0 Å².